The van der Waals surface area contributed by atoms with Crippen molar-refractivity contribution in [2.45, 2.75) is 52.0 Å². The summed E-state index contributed by atoms with van der Waals surface area (Å²) in [6.45, 7) is 3.37. The molecule has 0 atom stereocenters. The summed E-state index contributed by atoms with van der Waals surface area (Å²) in [6.07, 6.45) is 7.92. The predicted octanol–water partition coefficient (Wildman–Crippen LogP) is 3.44. The molecule has 1 amide bonds. The maximum Gasteiger partial charge on any atom is 0.249 e. The molecule has 4 heteroatoms. The molecule has 0 fully saturated rings. The zero-order valence-corrected chi connectivity index (χ0v) is 12.4. The Bertz CT molecular complexity index is 344. The average Bonchev–Trinajstić information content (AvgIpc) is 2.50. The van der Waals surface area contributed by atoms with Crippen molar-refractivity contribution in [3.05, 3.63) is 35.9 Å². The minimum absolute atomic E-state index is 0.576. The lowest BCUT2D eigenvalue weighted by molar-refractivity contribution is -0.193. The zero-order valence-electron chi connectivity index (χ0n) is 12.4. The molecule has 0 aliphatic rings. The Kier molecular flexibility index (Phi) is 9.53. The summed E-state index contributed by atoms with van der Waals surface area (Å²) < 4.78 is 0. The fourth-order valence-corrected chi connectivity index (χ4v) is 1.92. The molecule has 4 nitrogen and oxygen atoms in total. The van der Waals surface area contributed by atoms with E-state index in [1.165, 1.54) is 30.9 Å². The fourth-order valence-electron chi connectivity index (χ4n) is 1.92. The van der Waals surface area contributed by atoms with Crippen LogP contribution >= 0.6 is 0 Å². The molecular weight excluding hydrogens is 252 g/mol. The highest BCUT2D eigenvalue weighted by Crippen LogP contribution is 2.05. The van der Waals surface area contributed by atoms with Crippen LogP contribution in [0.3, 0.4) is 0 Å². The van der Waals surface area contributed by atoms with E-state index in [0.29, 0.717) is 19.6 Å². The number of hydrazine groups is 1. The van der Waals surface area contributed by atoms with Crippen molar-refractivity contribution < 1.29 is 9.63 Å². The summed E-state index contributed by atoms with van der Waals surface area (Å²) in [5, 5.41) is 1.17. The number of carbonyl (C=O) groups excluding carboxylic acids is 1. The standard InChI is InChI=1S/C16H26N2O2/c1-2-3-4-5-6-10-13-20-18(15-19)17-14-16-11-8-7-9-12-16/h7-9,11-12,15,17H,2-6,10,13-14H2,1H3. The molecule has 0 heterocycles. The summed E-state index contributed by atoms with van der Waals surface area (Å²) in [4.78, 5) is 16.2. The molecule has 20 heavy (non-hydrogen) atoms. The maximum atomic E-state index is 10.9. The van der Waals surface area contributed by atoms with Crippen LogP contribution in [0.4, 0.5) is 0 Å². The van der Waals surface area contributed by atoms with E-state index in [2.05, 4.69) is 12.3 Å². The van der Waals surface area contributed by atoms with Gasteiger partial charge in [0.25, 0.3) is 0 Å². The second-order valence-electron chi connectivity index (χ2n) is 4.85. The summed E-state index contributed by atoms with van der Waals surface area (Å²) in [7, 11) is 0. The van der Waals surface area contributed by atoms with Gasteiger partial charge in [-0.15, -0.1) is 0 Å². The van der Waals surface area contributed by atoms with Gasteiger partial charge in [0.2, 0.25) is 6.41 Å². The second-order valence-corrected chi connectivity index (χ2v) is 4.85. The van der Waals surface area contributed by atoms with E-state index in [4.69, 9.17) is 4.84 Å². The van der Waals surface area contributed by atoms with Crippen LogP contribution in [0.25, 0.3) is 0 Å². The molecule has 0 unspecified atom stereocenters. The first kappa shape index (κ1) is 16.7. The number of rotatable bonds is 12. The number of hydrogen-bond acceptors (Lipinski definition) is 3. The summed E-state index contributed by atoms with van der Waals surface area (Å²) in [5.41, 5.74) is 4.05. The summed E-state index contributed by atoms with van der Waals surface area (Å²) in [6, 6.07) is 9.92. The van der Waals surface area contributed by atoms with E-state index in [-0.39, 0.29) is 0 Å². The minimum Gasteiger partial charge on any atom is -0.275 e. The first-order chi connectivity index (χ1) is 9.86. The van der Waals surface area contributed by atoms with E-state index in [9.17, 15) is 4.79 Å². The Morgan fingerprint density at radius 1 is 1.10 bits per heavy atom. The first-order valence-electron chi connectivity index (χ1n) is 7.51. The van der Waals surface area contributed by atoms with Crippen LogP contribution in [0.5, 0.6) is 0 Å². The van der Waals surface area contributed by atoms with Gasteiger partial charge in [-0.1, -0.05) is 69.4 Å². The Balaban J connectivity index is 2.06. The topological polar surface area (TPSA) is 41.6 Å². The van der Waals surface area contributed by atoms with Crippen LogP contribution in [0, 0.1) is 0 Å². The predicted molar refractivity (Wildman–Crippen MR) is 80.5 cm³/mol. The Labute approximate surface area is 122 Å². The number of hydroxylamine groups is 1. The van der Waals surface area contributed by atoms with Gasteiger partial charge in [0, 0.05) is 6.54 Å². The lowest BCUT2D eigenvalue weighted by atomic mass is 10.1. The van der Waals surface area contributed by atoms with Crippen molar-refractivity contribution in [2.75, 3.05) is 6.61 Å². The van der Waals surface area contributed by atoms with Gasteiger partial charge in [0.15, 0.2) is 0 Å². The average molecular weight is 278 g/mol. The lowest BCUT2D eigenvalue weighted by Gasteiger charge is -2.17. The number of unbranched alkanes of at least 4 members (excludes halogenated alkanes) is 5. The van der Waals surface area contributed by atoms with E-state index < -0.39 is 0 Å². The van der Waals surface area contributed by atoms with Crippen molar-refractivity contribution in [2.24, 2.45) is 0 Å². The van der Waals surface area contributed by atoms with Gasteiger partial charge in [0.1, 0.15) is 0 Å². The number of carbonyl (C=O) groups is 1. The molecule has 1 aromatic carbocycles. The normalized spacial score (nSPS) is 10.4. The fraction of sp³-hybridized carbons (Fsp3) is 0.562. The molecule has 0 saturated carbocycles. The lowest BCUT2D eigenvalue weighted by Crippen LogP contribution is -2.36. The molecule has 0 spiro atoms. The number of nitrogens with one attached hydrogen (secondary N) is 1. The minimum atomic E-state index is 0.576. The van der Waals surface area contributed by atoms with Gasteiger partial charge >= 0.3 is 0 Å². The highest BCUT2D eigenvalue weighted by Gasteiger charge is 2.01. The van der Waals surface area contributed by atoms with Crippen molar-refractivity contribution in [3.8, 4) is 0 Å². The van der Waals surface area contributed by atoms with Crippen molar-refractivity contribution >= 4 is 6.41 Å². The summed E-state index contributed by atoms with van der Waals surface area (Å²) >= 11 is 0. The molecule has 112 valence electrons. The molecule has 0 bridgehead atoms. The van der Waals surface area contributed by atoms with Crippen molar-refractivity contribution in [1.82, 2.24) is 10.6 Å². The van der Waals surface area contributed by atoms with E-state index in [0.717, 1.165) is 18.4 Å². The van der Waals surface area contributed by atoms with Gasteiger partial charge < -0.3 is 0 Å². The van der Waals surface area contributed by atoms with Crippen LogP contribution in [-0.4, -0.2) is 18.2 Å². The monoisotopic (exact) mass is 278 g/mol. The number of amides is 1. The number of benzene rings is 1. The Hall–Kier alpha value is -1.39. The number of nitrogens with zero attached hydrogens (tertiary/aromatic N) is 1. The third kappa shape index (κ3) is 7.92. The van der Waals surface area contributed by atoms with E-state index in [1.807, 2.05) is 30.3 Å². The maximum absolute atomic E-state index is 10.9. The largest absolute Gasteiger partial charge is 0.275 e. The van der Waals surface area contributed by atoms with E-state index in [1.54, 1.807) is 0 Å². The SMILES string of the molecule is CCCCCCCCON(C=O)NCc1ccccc1. The Morgan fingerprint density at radius 2 is 1.80 bits per heavy atom. The first-order valence-corrected chi connectivity index (χ1v) is 7.51. The van der Waals surface area contributed by atoms with Gasteiger partial charge in [-0.25, -0.2) is 5.43 Å². The smallest absolute Gasteiger partial charge is 0.249 e. The quantitative estimate of drug-likeness (QED) is 0.362. The van der Waals surface area contributed by atoms with Gasteiger partial charge in [-0.05, 0) is 12.0 Å². The van der Waals surface area contributed by atoms with Crippen molar-refractivity contribution in [1.29, 1.82) is 0 Å². The van der Waals surface area contributed by atoms with Crippen LogP contribution in [0.15, 0.2) is 30.3 Å². The van der Waals surface area contributed by atoms with Gasteiger partial charge in [-0.3, -0.25) is 9.63 Å². The van der Waals surface area contributed by atoms with Crippen molar-refractivity contribution in [3.63, 3.8) is 0 Å². The van der Waals surface area contributed by atoms with Crippen LogP contribution in [-0.2, 0) is 16.2 Å². The van der Waals surface area contributed by atoms with Crippen LogP contribution in [0.1, 0.15) is 51.0 Å². The van der Waals surface area contributed by atoms with Gasteiger partial charge in [0.05, 0.1) is 6.61 Å². The van der Waals surface area contributed by atoms with Gasteiger partial charge in [-0.2, -0.15) is 5.17 Å². The molecule has 1 N–H and O–H groups in total. The second kappa shape index (κ2) is 11.4. The zero-order chi connectivity index (χ0) is 14.5. The highest BCUT2D eigenvalue weighted by atomic mass is 16.7. The van der Waals surface area contributed by atoms with Crippen LogP contribution in [0.2, 0.25) is 0 Å². The van der Waals surface area contributed by atoms with Crippen LogP contribution < -0.4 is 5.43 Å². The molecule has 0 aromatic heterocycles. The molecule has 0 aliphatic heterocycles. The third-order valence-corrected chi connectivity index (χ3v) is 3.11. The molecule has 1 rings (SSSR count). The molecule has 1 aromatic rings. The molecule has 0 aliphatic carbocycles. The molecular formula is C16H26N2O2. The third-order valence-electron chi connectivity index (χ3n) is 3.11. The molecule has 0 radical (unpaired) electrons. The highest BCUT2D eigenvalue weighted by molar-refractivity contribution is 5.44. The summed E-state index contributed by atoms with van der Waals surface area (Å²) in [5.74, 6) is 0. The number of hydrogen-bond donors (Lipinski definition) is 1. The Morgan fingerprint density at radius 3 is 2.50 bits per heavy atom. The molecule has 0 saturated heterocycles. The van der Waals surface area contributed by atoms with E-state index >= 15 is 0 Å².